The van der Waals surface area contributed by atoms with Crippen LogP contribution in [0.2, 0.25) is 5.02 Å². The topological polar surface area (TPSA) is 99.8 Å². The van der Waals surface area contributed by atoms with Gasteiger partial charge in [-0.15, -0.1) is 0 Å². The van der Waals surface area contributed by atoms with Gasteiger partial charge in [-0.1, -0.05) is 37.6 Å². The third-order valence-corrected chi connectivity index (χ3v) is 5.88. The van der Waals surface area contributed by atoms with Crippen molar-refractivity contribution < 1.29 is 9.59 Å². The molecule has 0 aliphatic carbocycles. The molecule has 168 valence electrons. The molecular formula is C25H24ClN5O2. The number of nitrogens with one attached hydrogen (secondary N) is 2. The third kappa shape index (κ3) is 4.91. The summed E-state index contributed by atoms with van der Waals surface area (Å²) in [4.78, 5) is 28.2. The van der Waals surface area contributed by atoms with Crippen LogP contribution in [-0.4, -0.2) is 21.4 Å². The summed E-state index contributed by atoms with van der Waals surface area (Å²) in [6.07, 6.45) is 2.47. The summed E-state index contributed by atoms with van der Waals surface area (Å²) < 4.78 is 2.05. The number of nitrogens with zero attached hydrogens (tertiary/aromatic N) is 3. The molecule has 0 spiro atoms. The molecule has 2 amide bonds. The fourth-order valence-corrected chi connectivity index (χ4v) is 4.48. The van der Waals surface area contributed by atoms with E-state index in [9.17, 15) is 14.9 Å². The van der Waals surface area contributed by atoms with Crippen molar-refractivity contribution in [3.05, 3.63) is 64.6 Å². The van der Waals surface area contributed by atoms with Crippen molar-refractivity contribution >= 4 is 34.9 Å². The van der Waals surface area contributed by atoms with E-state index in [0.717, 1.165) is 35.3 Å². The van der Waals surface area contributed by atoms with Crippen LogP contribution in [0.3, 0.4) is 0 Å². The largest absolute Gasteiger partial charge is 0.335 e. The number of amides is 2. The molecule has 4 rings (SSSR count). The molecule has 0 bridgehead atoms. The van der Waals surface area contributed by atoms with Gasteiger partial charge in [-0.2, -0.15) is 5.26 Å². The zero-order chi connectivity index (χ0) is 23.8. The number of pyridine rings is 1. The maximum absolute atomic E-state index is 12.7. The van der Waals surface area contributed by atoms with E-state index in [0.29, 0.717) is 22.2 Å². The van der Waals surface area contributed by atoms with Gasteiger partial charge in [0.25, 0.3) is 0 Å². The van der Waals surface area contributed by atoms with Crippen LogP contribution in [0.4, 0.5) is 11.5 Å². The van der Waals surface area contributed by atoms with Crippen LogP contribution in [0.1, 0.15) is 37.7 Å². The smallest absolute Gasteiger partial charge is 0.229 e. The number of aromatic nitrogens is 2. The number of carbonyl (C=O) groups excluding carboxylic acids is 2. The van der Waals surface area contributed by atoms with Crippen LogP contribution < -0.4 is 10.6 Å². The lowest BCUT2D eigenvalue weighted by molar-refractivity contribution is -0.116. The van der Waals surface area contributed by atoms with Crippen molar-refractivity contribution in [1.29, 1.82) is 5.26 Å². The molecule has 0 saturated heterocycles. The number of carbonyl (C=O) groups is 2. The Morgan fingerprint density at radius 2 is 2.00 bits per heavy atom. The van der Waals surface area contributed by atoms with Crippen molar-refractivity contribution in [3.8, 4) is 17.2 Å². The molecule has 0 radical (unpaired) electrons. The van der Waals surface area contributed by atoms with Gasteiger partial charge >= 0.3 is 0 Å². The van der Waals surface area contributed by atoms with Gasteiger partial charge in [0.05, 0.1) is 11.4 Å². The second kappa shape index (κ2) is 8.72. The highest BCUT2D eigenvalue weighted by Crippen LogP contribution is 2.41. The summed E-state index contributed by atoms with van der Waals surface area (Å²) in [6.45, 7) is 6.55. The minimum absolute atomic E-state index is 0.0548. The first-order valence-electron chi connectivity index (χ1n) is 10.6. The van der Waals surface area contributed by atoms with Gasteiger partial charge in [-0.25, -0.2) is 4.98 Å². The molecular weight excluding hydrogens is 438 g/mol. The molecule has 1 aliphatic heterocycles. The molecule has 1 aliphatic rings. The maximum atomic E-state index is 12.7. The Bertz CT molecular complexity index is 1300. The number of benzene rings is 1. The van der Waals surface area contributed by atoms with Gasteiger partial charge in [0, 0.05) is 42.2 Å². The van der Waals surface area contributed by atoms with Gasteiger partial charge in [-0.3, -0.25) is 9.59 Å². The fraction of sp³-hybridized carbons (Fsp3) is 0.280. The molecule has 0 saturated carbocycles. The first kappa shape index (κ1) is 22.6. The predicted octanol–water partition coefficient (Wildman–Crippen LogP) is 4.80. The molecule has 0 fully saturated rings. The molecule has 3 aromatic rings. The van der Waals surface area contributed by atoms with E-state index in [4.69, 9.17) is 11.6 Å². The van der Waals surface area contributed by atoms with E-state index in [1.807, 2.05) is 16.7 Å². The first-order valence-corrected chi connectivity index (χ1v) is 11.0. The number of anilines is 2. The van der Waals surface area contributed by atoms with E-state index < -0.39 is 0 Å². The lowest BCUT2D eigenvalue weighted by atomic mass is 9.89. The van der Waals surface area contributed by atoms with Crippen molar-refractivity contribution in [2.75, 3.05) is 10.6 Å². The number of fused-ring (bicyclic) bond motifs is 1. The Morgan fingerprint density at radius 1 is 1.21 bits per heavy atom. The van der Waals surface area contributed by atoms with Gasteiger partial charge in [-0.05, 0) is 41.7 Å². The van der Waals surface area contributed by atoms with Crippen LogP contribution in [0.5, 0.6) is 0 Å². The predicted molar refractivity (Wildman–Crippen MR) is 128 cm³/mol. The first-order chi connectivity index (χ1) is 15.6. The molecule has 0 unspecified atom stereocenters. The van der Waals surface area contributed by atoms with Gasteiger partial charge < -0.3 is 15.2 Å². The van der Waals surface area contributed by atoms with Crippen LogP contribution in [0.25, 0.3) is 11.1 Å². The van der Waals surface area contributed by atoms with E-state index in [2.05, 4.69) is 35.5 Å². The molecule has 3 heterocycles. The lowest BCUT2D eigenvalue weighted by Gasteiger charge is -2.15. The third-order valence-electron chi connectivity index (χ3n) is 5.58. The number of hydrogen-bond acceptors (Lipinski definition) is 4. The standard InChI is InChI=1S/C25H24ClN5O2/c1-15(32)29-17-6-4-5-16(7-17)8-24(33)30-23-10-19(21(26)13-28-23)20-9-18(12-27)31-14-25(2,3)11-22(20)31/h4-7,9-10,13H,8,11,14H2,1-3H3,(H,29,32)(H,28,30,33). The number of nitriles is 1. The number of hydrogen-bond donors (Lipinski definition) is 2. The van der Waals surface area contributed by atoms with E-state index >= 15 is 0 Å². The van der Waals surface area contributed by atoms with Crippen molar-refractivity contribution in [3.63, 3.8) is 0 Å². The molecule has 0 atom stereocenters. The summed E-state index contributed by atoms with van der Waals surface area (Å²) in [5.74, 6) is -0.0283. The molecule has 7 nitrogen and oxygen atoms in total. The highest BCUT2D eigenvalue weighted by molar-refractivity contribution is 6.33. The quantitative estimate of drug-likeness (QED) is 0.570. The monoisotopic (exact) mass is 461 g/mol. The van der Waals surface area contributed by atoms with Crippen molar-refractivity contribution in [2.45, 2.75) is 40.2 Å². The van der Waals surface area contributed by atoms with Crippen molar-refractivity contribution in [2.24, 2.45) is 5.41 Å². The fourth-order valence-electron chi connectivity index (χ4n) is 4.27. The Balaban J connectivity index is 1.57. The molecule has 2 N–H and O–H groups in total. The Morgan fingerprint density at radius 3 is 2.73 bits per heavy atom. The van der Waals surface area contributed by atoms with Crippen LogP contribution >= 0.6 is 11.6 Å². The SMILES string of the molecule is CC(=O)Nc1cccc(CC(=O)Nc2cc(-c3cc(C#N)n4c3CC(C)(C)C4)c(Cl)cn2)c1. The number of halogens is 1. The lowest BCUT2D eigenvalue weighted by Crippen LogP contribution is -2.15. The highest BCUT2D eigenvalue weighted by atomic mass is 35.5. The Kier molecular flexibility index (Phi) is 5.96. The summed E-state index contributed by atoms with van der Waals surface area (Å²) in [5, 5.41) is 15.6. The number of rotatable bonds is 5. The van der Waals surface area contributed by atoms with Gasteiger partial charge in [0.15, 0.2) is 0 Å². The minimum atomic E-state index is -0.239. The van der Waals surface area contributed by atoms with E-state index in [-0.39, 0.29) is 23.7 Å². The summed E-state index contributed by atoms with van der Waals surface area (Å²) in [6, 6.07) is 13.0. The van der Waals surface area contributed by atoms with Crippen LogP contribution in [-0.2, 0) is 29.0 Å². The van der Waals surface area contributed by atoms with E-state index in [1.165, 1.54) is 13.1 Å². The minimum Gasteiger partial charge on any atom is -0.335 e. The zero-order valence-electron chi connectivity index (χ0n) is 18.7. The van der Waals surface area contributed by atoms with Gasteiger partial charge in [0.1, 0.15) is 17.6 Å². The molecule has 33 heavy (non-hydrogen) atoms. The molecule has 8 heteroatoms. The molecule has 1 aromatic carbocycles. The second-order valence-electron chi connectivity index (χ2n) is 9.08. The normalized spacial score (nSPS) is 13.8. The van der Waals surface area contributed by atoms with Crippen molar-refractivity contribution in [1.82, 2.24) is 9.55 Å². The van der Waals surface area contributed by atoms with E-state index in [1.54, 1.807) is 24.3 Å². The average molecular weight is 462 g/mol. The Hall–Kier alpha value is -3.63. The summed E-state index contributed by atoms with van der Waals surface area (Å²) >= 11 is 6.48. The van der Waals surface area contributed by atoms with Gasteiger partial charge in [0.2, 0.25) is 11.8 Å². The summed E-state index contributed by atoms with van der Waals surface area (Å²) in [7, 11) is 0. The average Bonchev–Trinajstić information content (AvgIpc) is 3.22. The highest BCUT2D eigenvalue weighted by Gasteiger charge is 2.33. The zero-order valence-corrected chi connectivity index (χ0v) is 19.5. The molecule has 2 aromatic heterocycles. The maximum Gasteiger partial charge on any atom is 0.229 e. The Labute approximate surface area is 197 Å². The second-order valence-corrected chi connectivity index (χ2v) is 9.49. The summed E-state index contributed by atoms with van der Waals surface area (Å²) in [5.41, 5.74) is 4.75. The van der Waals surface area contributed by atoms with Crippen LogP contribution in [0.15, 0.2) is 42.6 Å². The van der Waals surface area contributed by atoms with Crippen LogP contribution in [0, 0.1) is 16.7 Å².